The van der Waals surface area contributed by atoms with Crippen LogP contribution < -0.4 is 10.1 Å². The smallest absolute Gasteiger partial charge is 0.335 e. The molecule has 2 rings (SSSR count). The van der Waals surface area contributed by atoms with Gasteiger partial charge >= 0.3 is 5.97 Å². The van der Waals surface area contributed by atoms with Crippen molar-refractivity contribution in [1.82, 2.24) is 5.32 Å². The highest BCUT2D eigenvalue weighted by Crippen LogP contribution is 2.18. The van der Waals surface area contributed by atoms with E-state index in [1.54, 1.807) is 7.11 Å². The third-order valence-corrected chi connectivity index (χ3v) is 3.54. The highest BCUT2D eigenvalue weighted by molar-refractivity contribution is 5.89. The molecule has 1 aromatic carbocycles. The van der Waals surface area contributed by atoms with E-state index >= 15 is 0 Å². The van der Waals surface area contributed by atoms with E-state index in [4.69, 9.17) is 14.2 Å². The van der Waals surface area contributed by atoms with Gasteiger partial charge < -0.3 is 19.5 Å². The van der Waals surface area contributed by atoms with E-state index in [1.165, 1.54) is 0 Å². The zero-order chi connectivity index (χ0) is 15.8. The summed E-state index contributed by atoms with van der Waals surface area (Å²) in [6, 6.07) is 7.86. The molecule has 0 unspecified atom stereocenters. The van der Waals surface area contributed by atoms with Crippen LogP contribution in [-0.4, -0.2) is 32.9 Å². The van der Waals surface area contributed by atoms with Gasteiger partial charge in [-0.3, -0.25) is 0 Å². The van der Waals surface area contributed by atoms with Gasteiger partial charge in [0.15, 0.2) is 0 Å². The molecule has 1 heterocycles. The molecule has 0 atom stereocenters. The predicted molar refractivity (Wildman–Crippen MR) is 83.5 cm³/mol. The van der Waals surface area contributed by atoms with Crippen LogP contribution in [0.5, 0.6) is 5.75 Å². The van der Waals surface area contributed by atoms with Gasteiger partial charge in [-0.05, 0) is 24.6 Å². The van der Waals surface area contributed by atoms with Gasteiger partial charge in [-0.25, -0.2) is 4.79 Å². The standard InChI is InChI=1S/C17H23NO4/c1-3-22-17(19)15-8-10-21-11-9-16(15)18-12-13-4-6-14(20-2)7-5-13/h4-7,18H,3,8-12H2,1-2H3. The van der Waals surface area contributed by atoms with Gasteiger partial charge in [0.25, 0.3) is 0 Å². The fraction of sp³-hybridized carbons (Fsp3) is 0.471. The molecule has 22 heavy (non-hydrogen) atoms. The molecular formula is C17H23NO4. The van der Waals surface area contributed by atoms with Crippen molar-refractivity contribution in [3.05, 3.63) is 41.1 Å². The van der Waals surface area contributed by atoms with Crippen molar-refractivity contribution in [3.8, 4) is 5.75 Å². The molecule has 0 radical (unpaired) electrons. The van der Waals surface area contributed by atoms with Crippen LogP contribution in [0.25, 0.3) is 0 Å². The monoisotopic (exact) mass is 305 g/mol. The number of carbonyl (C=O) groups is 1. The zero-order valence-electron chi connectivity index (χ0n) is 13.2. The van der Waals surface area contributed by atoms with E-state index < -0.39 is 0 Å². The minimum atomic E-state index is -0.245. The molecule has 0 amide bonds. The fourth-order valence-electron chi connectivity index (χ4n) is 2.34. The second-order valence-electron chi connectivity index (χ2n) is 4.99. The van der Waals surface area contributed by atoms with Gasteiger partial charge in [0.05, 0.1) is 32.5 Å². The maximum atomic E-state index is 12.1. The van der Waals surface area contributed by atoms with Crippen LogP contribution in [0.2, 0.25) is 0 Å². The molecule has 0 spiro atoms. The Morgan fingerprint density at radius 1 is 1.23 bits per heavy atom. The van der Waals surface area contributed by atoms with Crippen molar-refractivity contribution in [2.75, 3.05) is 26.9 Å². The summed E-state index contributed by atoms with van der Waals surface area (Å²) in [6.45, 7) is 4.03. The Balaban J connectivity index is 2.06. The van der Waals surface area contributed by atoms with Gasteiger partial charge in [-0.2, -0.15) is 0 Å². The number of esters is 1. The second kappa shape index (κ2) is 8.44. The average Bonchev–Trinajstić information content (AvgIpc) is 2.79. The fourth-order valence-corrected chi connectivity index (χ4v) is 2.34. The third kappa shape index (κ3) is 4.49. The number of nitrogens with one attached hydrogen (secondary N) is 1. The first-order chi connectivity index (χ1) is 10.7. The summed E-state index contributed by atoms with van der Waals surface area (Å²) in [4.78, 5) is 12.1. The predicted octanol–water partition coefficient (Wildman–Crippen LogP) is 2.41. The Bertz CT molecular complexity index is 522. The van der Waals surface area contributed by atoms with Crippen molar-refractivity contribution in [3.63, 3.8) is 0 Å². The second-order valence-corrected chi connectivity index (χ2v) is 4.99. The van der Waals surface area contributed by atoms with Gasteiger partial charge in [-0.1, -0.05) is 12.1 Å². The van der Waals surface area contributed by atoms with Crippen molar-refractivity contribution >= 4 is 5.97 Å². The Kier molecular flexibility index (Phi) is 6.27. The maximum absolute atomic E-state index is 12.1. The van der Waals surface area contributed by atoms with E-state index in [0.717, 1.165) is 17.0 Å². The highest BCUT2D eigenvalue weighted by atomic mass is 16.5. The molecule has 0 saturated carbocycles. The van der Waals surface area contributed by atoms with Crippen molar-refractivity contribution in [2.24, 2.45) is 0 Å². The molecular weight excluding hydrogens is 282 g/mol. The van der Waals surface area contributed by atoms with E-state index in [2.05, 4.69) is 5.32 Å². The lowest BCUT2D eigenvalue weighted by molar-refractivity contribution is -0.138. The quantitative estimate of drug-likeness (QED) is 0.818. The third-order valence-electron chi connectivity index (χ3n) is 3.54. The lowest BCUT2D eigenvalue weighted by Crippen LogP contribution is -2.20. The van der Waals surface area contributed by atoms with Crippen LogP contribution in [0.3, 0.4) is 0 Å². The minimum absolute atomic E-state index is 0.245. The summed E-state index contributed by atoms with van der Waals surface area (Å²) in [5.74, 6) is 0.586. The Morgan fingerprint density at radius 2 is 1.95 bits per heavy atom. The van der Waals surface area contributed by atoms with Crippen LogP contribution >= 0.6 is 0 Å². The zero-order valence-corrected chi connectivity index (χ0v) is 13.2. The first kappa shape index (κ1) is 16.4. The minimum Gasteiger partial charge on any atom is -0.497 e. The number of rotatable bonds is 6. The molecule has 1 aliphatic heterocycles. The van der Waals surface area contributed by atoms with Crippen LogP contribution in [0, 0.1) is 0 Å². The normalized spacial score (nSPS) is 15.2. The summed E-state index contributed by atoms with van der Waals surface area (Å²) in [6.07, 6.45) is 1.29. The molecule has 120 valence electrons. The van der Waals surface area contributed by atoms with Gasteiger partial charge in [0.2, 0.25) is 0 Å². The molecule has 0 aliphatic carbocycles. The summed E-state index contributed by atoms with van der Waals surface area (Å²) < 4.78 is 15.7. The van der Waals surface area contributed by atoms with Crippen molar-refractivity contribution < 1.29 is 19.0 Å². The summed E-state index contributed by atoms with van der Waals surface area (Å²) in [7, 11) is 1.65. The van der Waals surface area contributed by atoms with Gasteiger partial charge in [0, 0.05) is 25.1 Å². The van der Waals surface area contributed by atoms with Crippen LogP contribution in [-0.2, 0) is 20.8 Å². The van der Waals surface area contributed by atoms with Crippen molar-refractivity contribution in [2.45, 2.75) is 26.3 Å². The number of ether oxygens (including phenoxy) is 3. The van der Waals surface area contributed by atoms with Crippen LogP contribution in [0.4, 0.5) is 0 Å². The van der Waals surface area contributed by atoms with E-state index in [1.807, 2.05) is 31.2 Å². The molecule has 1 aromatic rings. The Morgan fingerprint density at radius 3 is 2.64 bits per heavy atom. The molecule has 0 aromatic heterocycles. The largest absolute Gasteiger partial charge is 0.497 e. The number of hydrogen-bond acceptors (Lipinski definition) is 5. The number of benzene rings is 1. The first-order valence-electron chi connectivity index (χ1n) is 7.58. The molecule has 5 heteroatoms. The molecule has 5 nitrogen and oxygen atoms in total. The lowest BCUT2D eigenvalue weighted by atomic mass is 10.1. The maximum Gasteiger partial charge on any atom is 0.335 e. The first-order valence-corrected chi connectivity index (χ1v) is 7.58. The van der Waals surface area contributed by atoms with Gasteiger partial charge in [0.1, 0.15) is 5.75 Å². The molecule has 0 fully saturated rings. The summed E-state index contributed by atoms with van der Waals surface area (Å²) in [5, 5.41) is 3.36. The molecule has 0 bridgehead atoms. The Labute approximate surface area is 131 Å². The summed E-state index contributed by atoms with van der Waals surface area (Å²) >= 11 is 0. The number of carbonyl (C=O) groups excluding carboxylic acids is 1. The van der Waals surface area contributed by atoms with E-state index in [-0.39, 0.29) is 5.97 Å². The van der Waals surface area contributed by atoms with Crippen LogP contribution in [0.1, 0.15) is 25.3 Å². The van der Waals surface area contributed by atoms with Crippen LogP contribution in [0.15, 0.2) is 35.5 Å². The van der Waals surface area contributed by atoms with E-state index in [9.17, 15) is 4.79 Å². The SMILES string of the molecule is CCOC(=O)C1=C(NCc2ccc(OC)cc2)CCOCC1. The van der Waals surface area contributed by atoms with Gasteiger partial charge in [-0.15, -0.1) is 0 Å². The van der Waals surface area contributed by atoms with Crippen molar-refractivity contribution in [1.29, 1.82) is 0 Å². The average molecular weight is 305 g/mol. The summed E-state index contributed by atoms with van der Waals surface area (Å²) in [5.41, 5.74) is 2.75. The Hall–Kier alpha value is -2.01. The molecule has 1 N–H and O–H groups in total. The topological polar surface area (TPSA) is 56.8 Å². The number of hydrogen-bond donors (Lipinski definition) is 1. The molecule has 0 saturated heterocycles. The highest BCUT2D eigenvalue weighted by Gasteiger charge is 2.19. The number of methoxy groups -OCH3 is 1. The molecule has 1 aliphatic rings. The van der Waals surface area contributed by atoms with E-state index in [0.29, 0.717) is 44.8 Å². The lowest BCUT2D eigenvalue weighted by Gasteiger charge is -2.14.